The molecule has 90 valence electrons. The second-order valence-electron chi connectivity index (χ2n) is 4.90. The number of rotatable bonds is 2. The molecule has 2 rings (SSSR count). The molecule has 1 aromatic rings. The van der Waals surface area contributed by atoms with Crippen LogP contribution in [0.15, 0.2) is 6.20 Å². The number of hydrogen-bond acceptors (Lipinski definition) is 3. The van der Waals surface area contributed by atoms with Gasteiger partial charge < -0.3 is 9.84 Å². The summed E-state index contributed by atoms with van der Waals surface area (Å²) in [5, 5.41) is 14.9. The Morgan fingerprint density at radius 3 is 2.69 bits per heavy atom. The Balaban J connectivity index is 2.31. The van der Waals surface area contributed by atoms with Crippen molar-refractivity contribution in [1.29, 1.82) is 0 Å². The van der Waals surface area contributed by atoms with E-state index in [4.69, 9.17) is 4.74 Å². The minimum absolute atomic E-state index is 0.694. The lowest BCUT2D eigenvalue weighted by atomic mass is 9.77. The van der Waals surface area contributed by atoms with Crippen LogP contribution in [0, 0.1) is 5.92 Å². The van der Waals surface area contributed by atoms with Crippen molar-refractivity contribution < 1.29 is 9.84 Å². The van der Waals surface area contributed by atoms with Crippen LogP contribution in [0.4, 0.5) is 0 Å². The first kappa shape index (κ1) is 11.5. The van der Waals surface area contributed by atoms with E-state index in [1.165, 1.54) is 0 Å². The number of hydrogen-bond donors (Lipinski definition) is 1. The summed E-state index contributed by atoms with van der Waals surface area (Å²) in [5.41, 5.74) is 0.0604. The lowest BCUT2D eigenvalue weighted by Crippen LogP contribution is -2.33. The van der Waals surface area contributed by atoms with Gasteiger partial charge in [-0.05, 0) is 31.6 Å². The highest BCUT2D eigenvalue weighted by molar-refractivity contribution is 5.31. The molecule has 16 heavy (non-hydrogen) atoms. The highest BCUT2D eigenvalue weighted by Gasteiger charge is 2.38. The summed E-state index contributed by atoms with van der Waals surface area (Å²) in [5.74, 6) is 1.40. The molecule has 1 saturated carbocycles. The molecule has 1 fully saturated rings. The number of ether oxygens (including phenoxy) is 1. The highest BCUT2D eigenvalue weighted by Crippen LogP contribution is 2.42. The fraction of sp³-hybridized carbons (Fsp3) is 0.750. The summed E-state index contributed by atoms with van der Waals surface area (Å²) in [6.07, 6.45) is 5.38. The second kappa shape index (κ2) is 4.09. The number of methoxy groups -OCH3 is 1. The molecule has 1 N–H and O–H groups in total. The minimum Gasteiger partial charge on any atom is -0.493 e. The number of aromatic nitrogens is 2. The van der Waals surface area contributed by atoms with Crippen LogP contribution in [-0.4, -0.2) is 22.0 Å². The first-order valence-electron chi connectivity index (χ1n) is 5.85. The lowest BCUT2D eigenvalue weighted by molar-refractivity contribution is -0.0206. The van der Waals surface area contributed by atoms with E-state index in [0.29, 0.717) is 11.7 Å². The molecule has 1 aliphatic carbocycles. The maximum Gasteiger partial charge on any atom is 0.162 e. The van der Waals surface area contributed by atoms with Crippen LogP contribution in [-0.2, 0) is 12.6 Å². The molecule has 1 aliphatic rings. The summed E-state index contributed by atoms with van der Waals surface area (Å²) in [7, 11) is 3.48. The smallest absolute Gasteiger partial charge is 0.162 e. The van der Waals surface area contributed by atoms with Crippen LogP contribution < -0.4 is 4.74 Å². The monoisotopic (exact) mass is 224 g/mol. The third kappa shape index (κ3) is 1.82. The zero-order valence-corrected chi connectivity index (χ0v) is 10.2. The largest absolute Gasteiger partial charge is 0.493 e. The van der Waals surface area contributed by atoms with E-state index in [1.807, 2.05) is 7.05 Å². The summed E-state index contributed by atoms with van der Waals surface area (Å²) >= 11 is 0. The van der Waals surface area contributed by atoms with Gasteiger partial charge in [0.25, 0.3) is 0 Å². The topological polar surface area (TPSA) is 47.3 Å². The molecule has 0 aliphatic heterocycles. The van der Waals surface area contributed by atoms with Crippen LogP contribution in [0.2, 0.25) is 0 Å². The first-order valence-corrected chi connectivity index (χ1v) is 5.85. The molecule has 0 amide bonds. The molecule has 0 aromatic carbocycles. The zero-order chi connectivity index (χ0) is 11.8. The van der Waals surface area contributed by atoms with Crippen LogP contribution in [0.5, 0.6) is 5.75 Å². The summed E-state index contributed by atoms with van der Waals surface area (Å²) < 4.78 is 7.00. The SMILES string of the molecule is COc1cnn(C)c1C1(O)CCC(C)CC1. The fourth-order valence-electron chi connectivity index (χ4n) is 2.57. The molecule has 0 bridgehead atoms. The van der Waals surface area contributed by atoms with Crippen LogP contribution >= 0.6 is 0 Å². The van der Waals surface area contributed by atoms with E-state index < -0.39 is 5.60 Å². The molecule has 0 spiro atoms. The van der Waals surface area contributed by atoms with Crippen molar-refractivity contribution >= 4 is 0 Å². The molecule has 1 heterocycles. The Labute approximate surface area is 96.2 Å². The summed E-state index contributed by atoms with van der Waals surface area (Å²) in [6.45, 7) is 2.24. The lowest BCUT2D eigenvalue weighted by Gasteiger charge is -2.35. The van der Waals surface area contributed by atoms with Gasteiger partial charge in [-0.3, -0.25) is 4.68 Å². The highest BCUT2D eigenvalue weighted by atomic mass is 16.5. The Morgan fingerprint density at radius 1 is 1.50 bits per heavy atom. The molecule has 0 radical (unpaired) electrons. The third-order valence-electron chi connectivity index (χ3n) is 3.67. The van der Waals surface area contributed by atoms with Gasteiger partial charge in [0.2, 0.25) is 0 Å². The van der Waals surface area contributed by atoms with Crippen molar-refractivity contribution in [3.8, 4) is 5.75 Å². The first-order chi connectivity index (χ1) is 7.57. The normalized spacial score (nSPS) is 30.4. The van der Waals surface area contributed by atoms with E-state index in [2.05, 4.69) is 12.0 Å². The molecule has 4 heteroatoms. The predicted octanol–water partition coefficient (Wildman–Crippen LogP) is 1.83. The van der Waals surface area contributed by atoms with Gasteiger partial charge in [-0.2, -0.15) is 5.10 Å². The van der Waals surface area contributed by atoms with Gasteiger partial charge in [0.1, 0.15) is 11.3 Å². The van der Waals surface area contributed by atoms with Crippen LogP contribution in [0.25, 0.3) is 0 Å². The number of aliphatic hydroxyl groups is 1. The van der Waals surface area contributed by atoms with Crippen molar-refractivity contribution in [2.75, 3.05) is 7.11 Å². The van der Waals surface area contributed by atoms with Gasteiger partial charge in [-0.15, -0.1) is 0 Å². The molecule has 1 aromatic heterocycles. The van der Waals surface area contributed by atoms with Crippen molar-refractivity contribution in [3.05, 3.63) is 11.9 Å². The molecule has 4 nitrogen and oxygen atoms in total. The van der Waals surface area contributed by atoms with Crippen molar-refractivity contribution in [3.63, 3.8) is 0 Å². The van der Waals surface area contributed by atoms with Gasteiger partial charge in [0.15, 0.2) is 5.75 Å². The Hall–Kier alpha value is -1.03. The van der Waals surface area contributed by atoms with Gasteiger partial charge in [-0.25, -0.2) is 0 Å². The molecular weight excluding hydrogens is 204 g/mol. The molecule has 0 saturated heterocycles. The van der Waals surface area contributed by atoms with Gasteiger partial charge in [0.05, 0.1) is 13.3 Å². The van der Waals surface area contributed by atoms with Crippen LogP contribution in [0.3, 0.4) is 0 Å². The van der Waals surface area contributed by atoms with Gasteiger partial charge in [-0.1, -0.05) is 6.92 Å². The Morgan fingerprint density at radius 2 is 2.12 bits per heavy atom. The fourth-order valence-corrected chi connectivity index (χ4v) is 2.57. The van der Waals surface area contributed by atoms with Crippen molar-refractivity contribution in [2.45, 2.75) is 38.2 Å². The van der Waals surface area contributed by atoms with Crippen molar-refractivity contribution in [2.24, 2.45) is 13.0 Å². The zero-order valence-electron chi connectivity index (χ0n) is 10.2. The van der Waals surface area contributed by atoms with E-state index in [0.717, 1.165) is 31.4 Å². The van der Waals surface area contributed by atoms with E-state index in [1.54, 1.807) is 18.0 Å². The number of aryl methyl sites for hydroxylation is 1. The average molecular weight is 224 g/mol. The van der Waals surface area contributed by atoms with Gasteiger partial charge in [0, 0.05) is 7.05 Å². The maximum atomic E-state index is 10.7. The van der Waals surface area contributed by atoms with Crippen LogP contribution in [0.1, 0.15) is 38.3 Å². The van der Waals surface area contributed by atoms with E-state index >= 15 is 0 Å². The minimum atomic E-state index is -0.761. The van der Waals surface area contributed by atoms with E-state index in [-0.39, 0.29) is 0 Å². The predicted molar refractivity (Wildman–Crippen MR) is 61.3 cm³/mol. The molecule has 0 atom stereocenters. The van der Waals surface area contributed by atoms with Gasteiger partial charge >= 0.3 is 0 Å². The molecule has 0 unspecified atom stereocenters. The quantitative estimate of drug-likeness (QED) is 0.833. The number of nitrogens with zero attached hydrogens (tertiary/aromatic N) is 2. The second-order valence-corrected chi connectivity index (χ2v) is 4.90. The Bertz CT molecular complexity index is 365. The summed E-state index contributed by atoms with van der Waals surface area (Å²) in [4.78, 5) is 0. The van der Waals surface area contributed by atoms with Crippen molar-refractivity contribution in [1.82, 2.24) is 9.78 Å². The van der Waals surface area contributed by atoms with E-state index in [9.17, 15) is 5.11 Å². The average Bonchev–Trinajstić information content (AvgIpc) is 2.65. The Kier molecular flexibility index (Phi) is 2.93. The molecular formula is C12H20N2O2. The summed E-state index contributed by atoms with van der Waals surface area (Å²) in [6, 6.07) is 0. The standard InChI is InChI=1S/C12H20N2O2/c1-9-4-6-12(15,7-5-9)11-10(16-3)8-13-14(11)2/h8-9,15H,4-7H2,1-3H3. The maximum absolute atomic E-state index is 10.7. The third-order valence-corrected chi connectivity index (χ3v) is 3.67.